The predicted octanol–water partition coefficient (Wildman–Crippen LogP) is 3.70. The lowest BCUT2D eigenvalue weighted by Crippen LogP contribution is -2.15. The molecule has 2 rings (SSSR count). The zero-order valence-corrected chi connectivity index (χ0v) is 14.2. The second-order valence-electron chi connectivity index (χ2n) is 3.99. The standard InChI is InChI=1S/C13H12BrClN2O3S/c1-2-20-11-4-3-9(14)7-12(11)21(18,19)17-13-8-10(15)5-6-16-13/h3-8H,2H2,1H3,(H,16,17). The molecule has 0 atom stereocenters. The zero-order valence-electron chi connectivity index (χ0n) is 11.0. The summed E-state index contributed by atoms with van der Waals surface area (Å²) in [5.74, 6) is 0.417. The number of nitrogens with zero attached hydrogens (tertiary/aromatic N) is 1. The largest absolute Gasteiger partial charge is 0.492 e. The van der Waals surface area contributed by atoms with Gasteiger partial charge in [-0.05, 0) is 31.2 Å². The SMILES string of the molecule is CCOc1ccc(Br)cc1S(=O)(=O)Nc1cc(Cl)ccn1. The van der Waals surface area contributed by atoms with Crippen molar-refractivity contribution < 1.29 is 13.2 Å². The molecule has 2 aromatic rings. The molecule has 0 spiro atoms. The molecule has 1 heterocycles. The molecule has 112 valence electrons. The number of sulfonamides is 1. The van der Waals surface area contributed by atoms with Crippen molar-refractivity contribution in [3.8, 4) is 5.75 Å². The molecule has 0 fully saturated rings. The molecule has 0 unspecified atom stereocenters. The van der Waals surface area contributed by atoms with Crippen LogP contribution in [-0.2, 0) is 10.0 Å². The molecule has 1 N–H and O–H groups in total. The topological polar surface area (TPSA) is 68.3 Å². The maximum atomic E-state index is 12.5. The number of pyridine rings is 1. The minimum Gasteiger partial charge on any atom is -0.492 e. The van der Waals surface area contributed by atoms with Crippen LogP contribution in [0.2, 0.25) is 5.02 Å². The highest BCUT2D eigenvalue weighted by atomic mass is 79.9. The van der Waals surface area contributed by atoms with E-state index >= 15 is 0 Å². The van der Waals surface area contributed by atoms with Crippen molar-refractivity contribution in [2.45, 2.75) is 11.8 Å². The number of aromatic nitrogens is 1. The van der Waals surface area contributed by atoms with Crippen LogP contribution in [0.1, 0.15) is 6.92 Å². The minimum atomic E-state index is -3.83. The van der Waals surface area contributed by atoms with E-state index in [1.807, 2.05) is 0 Å². The molecule has 0 bridgehead atoms. The molecular weight excluding hydrogens is 380 g/mol. The molecule has 0 aliphatic heterocycles. The van der Waals surface area contributed by atoms with Gasteiger partial charge < -0.3 is 4.74 Å². The van der Waals surface area contributed by atoms with Gasteiger partial charge in [-0.2, -0.15) is 0 Å². The summed E-state index contributed by atoms with van der Waals surface area (Å²) in [6.45, 7) is 2.14. The van der Waals surface area contributed by atoms with Gasteiger partial charge in [-0.3, -0.25) is 4.72 Å². The summed E-state index contributed by atoms with van der Waals surface area (Å²) in [5, 5.41) is 0.391. The number of benzene rings is 1. The molecule has 0 aliphatic carbocycles. The highest BCUT2D eigenvalue weighted by molar-refractivity contribution is 9.10. The Morgan fingerprint density at radius 1 is 1.33 bits per heavy atom. The molecule has 0 aliphatic rings. The predicted molar refractivity (Wildman–Crippen MR) is 85.4 cm³/mol. The summed E-state index contributed by atoms with van der Waals surface area (Å²) in [6, 6.07) is 7.76. The molecule has 0 amide bonds. The molecule has 0 saturated carbocycles. The quantitative estimate of drug-likeness (QED) is 0.844. The molecule has 21 heavy (non-hydrogen) atoms. The fourth-order valence-electron chi connectivity index (χ4n) is 1.62. The van der Waals surface area contributed by atoms with Crippen LogP contribution in [0.4, 0.5) is 5.82 Å². The van der Waals surface area contributed by atoms with Crippen LogP contribution in [0.5, 0.6) is 5.75 Å². The number of rotatable bonds is 5. The van der Waals surface area contributed by atoms with Crippen molar-refractivity contribution in [1.29, 1.82) is 0 Å². The highest BCUT2D eigenvalue weighted by Crippen LogP contribution is 2.29. The Hall–Kier alpha value is -1.31. The van der Waals surface area contributed by atoms with Gasteiger partial charge in [-0.25, -0.2) is 13.4 Å². The first-order valence-corrected chi connectivity index (χ1v) is 8.64. The van der Waals surface area contributed by atoms with Gasteiger partial charge >= 0.3 is 0 Å². The third-order valence-corrected chi connectivity index (χ3v) is 4.56. The van der Waals surface area contributed by atoms with Crippen molar-refractivity contribution in [2.75, 3.05) is 11.3 Å². The number of halogens is 2. The summed E-state index contributed by atoms with van der Waals surface area (Å²) in [5.41, 5.74) is 0. The van der Waals surface area contributed by atoms with Crippen molar-refractivity contribution in [3.05, 3.63) is 46.0 Å². The number of ether oxygens (including phenoxy) is 1. The van der Waals surface area contributed by atoms with Crippen molar-refractivity contribution in [1.82, 2.24) is 4.98 Å². The molecule has 1 aromatic heterocycles. The van der Waals surface area contributed by atoms with Crippen LogP contribution < -0.4 is 9.46 Å². The molecule has 1 aromatic carbocycles. The summed E-state index contributed by atoms with van der Waals surface area (Å²) in [6.07, 6.45) is 1.42. The average Bonchev–Trinajstić information content (AvgIpc) is 2.40. The number of hydrogen-bond acceptors (Lipinski definition) is 4. The number of nitrogens with one attached hydrogen (secondary N) is 1. The number of anilines is 1. The minimum absolute atomic E-state index is 0.0282. The lowest BCUT2D eigenvalue weighted by atomic mass is 10.3. The summed E-state index contributed by atoms with van der Waals surface area (Å²) >= 11 is 9.07. The van der Waals surface area contributed by atoms with Crippen LogP contribution in [0.25, 0.3) is 0 Å². The Morgan fingerprint density at radius 3 is 2.76 bits per heavy atom. The third-order valence-electron chi connectivity index (χ3n) is 2.46. The van der Waals surface area contributed by atoms with E-state index in [4.69, 9.17) is 16.3 Å². The third kappa shape index (κ3) is 4.09. The van der Waals surface area contributed by atoms with E-state index in [2.05, 4.69) is 25.6 Å². The summed E-state index contributed by atoms with van der Waals surface area (Å²) < 4.78 is 33.3. The number of hydrogen-bond donors (Lipinski definition) is 1. The molecule has 8 heteroatoms. The fraction of sp³-hybridized carbons (Fsp3) is 0.154. The van der Waals surface area contributed by atoms with Gasteiger partial charge in [0.25, 0.3) is 10.0 Å². The lowest BCUT2D eigenvalue weighted by Gasteiger charge is -2.12. The van der Waals surface area contributed by atoms with E-state index in [0.29, 0.717) is 16.1 Å². The van der Waals surface area contributed by atoms with E-state index in [0.717, 1.165) is 0 Å². The van der Waals surface area contributed by atoms with Gasteiger partial charge in [-0.1, -0.05) is 27.5 Å². The first kappa shape index (κ1) is 16.1. The van der Waals surface area contributed by atoms with E-state index < -0.39 is 10.0 Å². The van der Waals surface area contributed by atoms with Gasteiger partial charge in [0, 0.05) is 21.8 Å². The van der Waals surface area contributed by atoms with Gasteiger partial charge in [0.2, 0.25) is 0 Å². The average molecular weight is 392 g/mol. The molecular formula is C13H12BrClN2O3S. The van der Waals surface area contributed by atoms with Crippen molar-refractivity contribution in [2.24, 2.45) is 0 Å². The van der Waals surface area contributed by atoms with Crippen LogP contribution in [-0.4, -0.2) is 20.0 Å². The second kappa shape index (κ2) is 6.64. The van der Waals surface area contributed by atoms with Gasteiger partial charge in [-0.15, -0.1) is 0 Å². The first-order chi connectivity index (χ1) is 9.92. The Bertz CT molecular complexity index is 753. The Balaban J connectivity index is 2.41. The normalized spacial score (nSPS) is 11.2. The van der Waals surface area contributed by atoms with Gasteiger partial charge in [0.15, 0.2) is 0 Å². The smallest absolute Gasteiger partial charge is 0.266 e. The second-order valence-corrected chi connectivity index (χ2v) is 6.99. The molecule has 0 radical (unpaired) electrons. The first-order valence-electron chi connectivity index (χ1n) is 5.99. The van der Waals surface area contributed by atoms with E-state index in [1.165, 1.54) is 18.3 Å². The Morgan fingerprint density at radius 2 is 2.10 bits per heavy atom. The fourth-order valence-corrected chi connectivity index (χ4v) is 3.46. The van der Waals surface area contributed by atoms with Crippen molar-refractivity contribution >= 4 is 43.4 Å². The molecule has 5 nitrogen and oxygen atoms in total. The highest BCUT2D eigenvalue weighted by Gasteiger charge is 2.21. The summed E-state index contributed by atoms with van der Waals surface area (Å²) in [7, 11) is -3.83. The maximum Gasteiger partial charge on any atom is 0.266 e. The summed E-state index contributed by atoms with van der Waals surface area (Å²) in [4.78, 5) is 3.95. The van der Waals surface area contributed by atoms with Gasteiger partial charge in [0.1, 0.15) is 16.5 Å². The van der Waals surface area contributed by atoms with E-state index in [1.54, 1.807) is 25.1 Å². The monoisotopic (exact) mass is 390 g/mol. The molecule has 0 saturated heterocycles. The maximum absolute atomic E-state index is 12.5. The van der Waals surface area contributed by atoms with E-state index in [-0.39, 0.29) is 16.5 Å². The Labute approximate surface area is 136 Å². The van der Waals surface area contributed by atoms with Crippen LogP contribution in [0.3, 0.4) is 0 Å². The van der Waals surface area contributed by atoms with Crippen LogP contribution in [0, 0.1) is 0 Å². The lowest BCUT2D eigenvalue weighted by molar-refractivity contribution is 0.331. The zero-order chi connectivity index (χ0) is 15.5. The van der Waals surface area contributed by atoms with Gasteiger partial charge in [0.05, 0.1) is 6.61 Å². The van der Waals surface area contributed by atoms with Crippen LogP contribution >= 0.6 is 27.5 Å². The van der Waals surface area contributed by atoms with Crippen LogP contribution in [0.15, 0.2) is 45.9 Å². The Kier molecular flexibility index (Phi) is 5.08. The van der Waals surface area contributed by atoms with E-state index in [9.17, 15) is 8.42 Å². The van der Waals surface area contributed by atoms with Crippen molar-refractivity contribution in [3.63, 3.8) is 0 Å².